The van der Waals surface area contributed by atoms with Gasteiger partial charge < -0.3 is 14.6 Å². The lowest BCUT2D eigenvalue weighted by atomic mass is 10.0. The Hall–Kier alpha value is -3.18. The van der Waals surface area contributed by atoms with Crippen molar-refractivity contribution in [1.82, 2.24) is 0 Å². The van der Waals surface area contributed by atoms with E-state index >= 15 is 0 Å². The van der Waals surface area contributed by atoms with E-state index in [0.29, 0.717) is 12.8 Å². The van der Waals surface area contributed by atoms with Gasteiger partial charge in [0.15, 0.2) is 6.10 Å². The van der Waals surface area contributed by atoms with Crippen LogP contribution in [0.2, 0.25) is 0 Å². The Morgan fingerprint density at radius 3 is 0.929 bits per heavy atom. The van der Waals surface area contributed by atoms with Crippen molar-refractivity contribution in [2.45, 2.75) is 290 Å². The summed E-state index contributed by atoms with van der Waals surface area (Å²) < 4.78 is 10.7. The van der Waals surface area contributed by atoms with Crippen LogP contribution < -0.4 is 0 Å². The van der Waals surface area contributed by atoms with Gasteiger partial charge in [-0.3, -0.25) is 9.59 Å². The Labute approximate surface area is 434 Å². The molecule has 0 aliphatic rings. The van der Waals surface area contributed by atoms with Crippen LogP contribution in [0, 0.1) is 0 Å². The van der Waals surface area contributed by atoms with E-state index in [0.717, 1.165) is 83.5 Å². The zero-order chi connectivity index (χ0) is 50.6. The van der Waals surface area contributed by atoms with Crippen molar-refractivity contribution < 1.29 is 24.2 Å². The van der Waals surface area contributed by atoms with Crippen LogP contribution in [-0.2, 0) is 19.1 Å². The van der Waals surface area contributed by atoms with E-state index < -0.39 is 6.10 Å². The van der Waals surface area contributed by atoms with Gasteiger partial charge in [-0.1, -0.05) is 272 Å². The summed E-state index contributed by atoms with van der Waals surface area (Å²) in [4.78, 5) is 24.6. The Bertz CT molecular complexity index is 1330. The summed E-state index contributed by atoms with van der Waals surface area (Å²) in [6.45, 7) is 4.04. The third kappa shape index (κ3) is 57.4. The average Bonchev–Trinajstić information content (AvgIpc) is 3.36. The number of hydrogen-bond donors (Lipinski definition) is 1. The second-order valence-electron chi connectivity index (χ2n) is 19.7. The number of allylic oxidation sites excluding steroid dienone is 16. The van der Waals surface area contributed by atoms with E-state index in [2.05, 4.69) is 111 Å². The monoisotopic (exact) mass is 973 g/mol. The predicted molar refractivity (Wildman–Crippen MR) is 306 cm³/mol. The molecule has 5 nitrogen and oxygen atoms in total. The molecule has 70 heavy (non-hydrogen) atoms. The highest BCUT2D eigenvalue weighted by molar-refractivity contribution is 5.70. The standard InChI is InChI=1S/C65H112O5/c1-3-5-7-9-11-13-15-17-19-21-23-25-27-29-30-31-32-33-34-36-38-40-42-44-46-48-50-52-54-56-58-60-65(68)70-63(61-66)62-69-64(67)59-57-55-53-51-49-47-45-43-41-39-37-35-28-26-24-22-20-18-16-14-12-10-8-6-4-2/h5,7,11,13,16-19,22-25,29-30,32-33,63,66H,3-4,6,8-10,12,14-15,20-21,26-28,31,34-62H2,1-2H3/b7-5-,13-11-,18-16-,19-17-,24-22-,25-23-,30-29-,33-32-. The lowest BCUT2D eigenvalue weighted by Crippen LogP contribution is -2.28. The molecule has 0 fully saturated rings. The molecule has 0 aromatic carbocycles. The zero-order valence-electron chi connectivity index (χ0n) is 46.0. The zero-order valence-corrected chi connectivity index (χ0v) is 46.0. The summed E-state index contributed by atoms with van der Waals surface area (Å²) in [6.07, 6.45) is 85.3. The van der Waals surface area contributed by atoms with Crippen LogP contribution >= 0.6 is 0 Å². The first-order chi connectivity index (χ1) is 34.6. The fourth-order valence-corrected chi connectivity index (χ4v) is 8.41. The molecule has 1 unspecified atom stereocenters. The van der Waals surface area contributed by atoms with Gasteiger partial charge in [0, 0.05) is 12.8 Å². The second-order valence-corrected chi connectivity index (χ2v) is 19.7. The molecule has 0 aliphatic heterocycles. The molecule has 402 valence electrons. The molecular formula is C65H112O5. The molecule has 0 aromatic rings. The van der Waals surface area contributed by atoms with Crippen molar-refractivity contribution in [3.8, 4) is 0 Å². The normalized spacial score (nSPS) is 12.9. The molecular weight excluding hydrogens is 861 g/mol. The first-order valence-corrected chi connectivity index (χ1v) is 29.8. The molecule has 0 heterocycles. The summed E-state index contributed by atoms with van der Waals surface area (Å²) in [6, 6.07) is 0. The SMILES string of the molecule is CC/C=C\C/C=C\C/C=C\C/C=C\C/C=C\C/C=C\CCCCCCCCCCCCCCC(=O)OC(CO)COC(=O)CCCCCCCCCCCCCCC/C=C\C/C=C\CCCCCCC. The van der Waals surface area contributed by atoms with Crippen LogP contribution in [0.25, 0.3) is 0 Å². The molecule has 0 bridgehead atoms. The molecule has 0 aliphatic carbocycles. The van der Waals surface area contributed by atoms with E-state index in [1.807, 2.05) is 0 Å². The number of aliphatic hydroxyl groups is 1. The molecule has 0 rings (SSSR count). The third-order valence-electron chi connectivity index (χ3n) is 12.9. The predicted octanol–water partition coefficient (Wildman–Crippen LogP) is 20.3. The van der Waals surface area contributed by atoms with Crippen LogP contribution in [-0.4, -0.2) is 36.4 Å². The average molecular weight is 974 g/mol. The number of esters is 2. The van der Waals surface area contributed by atoms with Crippen molar-refractivity contribution in [1.29, 1.82) is 0 Å². The lowest BCUT2D eigenvalue weighted by molar-refractivity contribution is -0.161. The second kappa shape index (κ2) is 60.1. The smallest absolute Gasteiger partial charge is 0.306 e. The van der Waals surface area contributed by atoms with Crippen molar-refractivity contribution in [3.05, 3.63) is 97.2 Å². The van der Waals surface area contributed by atoms with Crippen molar-refractivity contribution in [3.63, 3.8) is 0 Å². The fraction of sp³-hybridized carbons (Fsp3) is 0.723. The van der Waals surface area contributed by atoms with Crippen molar-refractivity contribution >= 4 is 11.9 Å². The van der Waals surface area contributed by atoms with Crippen LogP contribution in [0.5, 0.6) is 0 Å². The molecule has 0 saturated heterocycles. The number of aliphatic hydroxyl groups excluding tert-OH is 1. The van der Waals surface area contributed by atoms with Crippen LogP contribution in [0.3, 0.4) is 0 Å². The molecule has 0 aromatic heterocycles. The lowest BCUT2D eigenvalue weighted by Gasteiger charge is -2.15. The Kier molecular flexibility index (Phi) is 57.4. The van der Waals surface area contributed by atoms with Crippen molar-refractivity contribution in [2.75, 3.05) is 13.2 Å². The quantitative estimate of drug-likeness (QED) is 0.0373. The minimum Gasteiger partial charge on any atom is -0.462 e. The summed E-state index contributed by atoms with van der Waals surface area (Å²) in [7, 11) is 0. The minimum atomic E-state index is -0.779. The van der Waals surface area contributed by atoms with Gasteiger partial charge in [0.2, 0.25) is 0 Å². The number of rotatable bonds is 54. The molecule has 0 spiro atoms. The van der Waals surface area contributed by atoms with Crippen molar-refractivity contribution in [2.24, 2.45) is 0 Å². The first kappa shape index (κ1) is 66.8. The van der Waals surface area contributed by atoms with E-state index in [4.69, 9.17) is 9.47 Å². The highest BCUT2D eigenvalue weighted by Gasteiger charge is 2.16. The Morgan fingerprint density at radius 2 is 0.614 bits per heavy atom. The third-order valence-corrected chi connectivity index (χ3v) is 12.9. The Morgan fingerprint density at radius 1 is 0.343 bits per heavy atom. The first-order valence-electron chi connectivity index (χ1n) is 29.8. The van der Waals surface area contributed by atoms with Gasteiger partial charge in [-0.2, -0.15) is 0 Å². The topological polar surface area (TPSA) is 72.8 Å². The number of unbranched alkanes of at least 4 members (excludes halogenated alkanes) is 30. The number of carbonyl (C=O) groups is 2. The van der Waals surface area contributed by atoms with Gasteiger partial charge in [0.05, 0.1) is 6.61 Å². The molecule has 0 saturated carbocycles. The van der Waals surface area contributed by atoms with Gasteiger partial charge in [-0.15, -0.1) is 0 Å². The van der Waals surface area contributed by atoms with E-state index in [-0.39, 0.29) is 25.2 Å². The fourth-order valence-electron chi connectivity index (χ4n) is 8.41. The maximum atomic E-state index is 12.3. The summed E-state index contributed by atoms with van der Waals surface area (Å²) in [5.74, 6) is -0.589. The minimum absolute atomic E-state index is 0.0693. The van der Waals surface area contributed by atoms with Crippen LogP contribution in [0.15, 0.2) is 97.2 Å². The van der Waals surface area contributed by atoms with Gasteiger partial charge in [0.25, 0.3) is 0 Å². The van der Waals surface area contributed by atoms with E-state index in [1.165, 1.54) is 173 Å². The molecule has 0 radical (unpaired) electrons. The summed E-state index contributed by atoms with van der Waals surface area (Å²) >= 11 is 0. The van der Waals surface area contributed by atoms with Gasteiger partial charge >= 0.3 is 11.9 Å². The largest absolute Gasteiger partial charge is 0.462 e. The number of carbonyl (C=O) groups excluding carboxylic acids is 2. The van der Waals surface area contributed by atoms with Crippen LogP contribution in [0.1, 0.15) is 284 Å². The summed E-state index contributed by atoms with van der Waals surface area (Å²) in [5.41, 5.74) is 0. The molecule has 1 N–H and O–H groups in total. The molecule has 1 atom stereocenters. The highest BCUT2D eigenvalue weighted by Crippen LogP contribution is 2.16. The summed E-state index contributed by atoms with van der Waals surface area (Å²) in [5, 5.41) is 9.67. The highest BCUT2D eigenvalue weighted by atomic mass is 16.6. The maximum Gasteiger partial charge on any atom is 0.306 e. The van der Waals surface area contributed by atoms with Gasteiger partial charge in [-0.05, 0) is 96.3 Å². The van der Waals surface area contributed by atoms with Crippen LogP contribution in [0.4, 0.5) is 0 Å². The number of hydrogen-bond acceptors (Lipinski definition) is 5. The Balaban J connectivity index is 3.50. The number of ether oxygens (including phenoxy) is 2. The van der Waals surface area contributed by atoms with E-state index in [1.54, 1.807) is 0 Å². The van der Waals surface area contributed by atoms with Gasteiger partial charge in [-0.25, -0.2) is 0 Å². The van der Waals surface area contributed by atoms with E-state index in [9.17, 15) is 14.7 Å². The maximum absolute atomic E-state index is 12.3. The molecule has 5 heteroatoms. The molecule has 0 amide bonds. The van der Waals surface area contributed by atoms with Gasteiger partial charge in [0.1, 0.15) is 6.61 Å².